The molecule has 0 spiro atoms. The SMILES string of the molecule is CN(C)CC(=O)N1C[C@@H]2CN(Cc3ccccc3F)C[C@]2(CCc2ccccc2)C1. The lowest BCUT2D eigenvalue weighted by Gasteiger charge is -2.30. The van der Waals surface area contributed by atoms with E-state index in [9.17, 15) is 9.18 Å². The van der Waals surface area contributed by atoms with E-state index >= 15 is 0 Å². The van der Waals surface area contributed by atoms with Crippen molar-refractivity contribution in [1.82, 2.24) is 14.7 Å². The van der Waals surface area contributed by atoms with Crippen LogP contribution in [0.3, 0.4) is 0 Å². The second-order valence-corrected chi connectivity index (χ2v) is 9.32. The van der Waals surface area contributed by atoms with E-state index in [4.69, 9.17) is 0 Å². The van der Waals surface area contributed by atoms with Crippen LogP contribution < -0.4 is 0 Å². The Balaban J connectivity index is 1.49. The maximum absolute atomic E-state index is 14.2. The molecule has 0 aromatic heterocycles. The number of aryl methyl sites for hydroxylation is 1. The minimum atomic E-state index is -0.129. The van der Waals surface area contributed by atoms with Crippen LogP contribution in [0.2, 0.25) is 0 Å². The molecule has 160 valence electrons. The molecule has 2 heterocycles. The average Bonchev–Trinajstić information content (AvgIpc) is 3.22. The maximum atomic E-state index is 14.2. The van der Waals surface area contributed by atoms with Crippen LogP contribution in [0.25, 0.3) is 0 Å². The molecule has 2 saturated heterocycles. The third-order valence-electron chi connectivity index (χ3n) is 6.74. The summed E-state index contributed by atoms with van der Waals surface area (Å²) in [4.78, 5) is 19.1. The van der Waals surface area contributed by atoms with Crippen molar-refractivity contribution in [2.24, 2.45) is 11.3 Å². The van der Waals surface area contributed by atoms with E-state index in [0.29, 0.717) is 19.0 Å². The van der Waals surface area contributed by atoms with E-state index in [1.165, 1.54) is 5.56 Å². The zero-order valence-electron chi connectivity index (χ0n) is 18.1. The van der Waals surface area contributed by atoms with Gasteiger partial charge in [0.15, 0.2) is 0 Å². The third kappa shape index (κ3) is 4.57. The van der Waals surface area contributed by atoms with Gasteiger partial charge < -0.3 is 9.80 Å². The first-order valence-electron chi connectivity index (χ1n) is 10.9. The van der Waals surface area contributed by atoms with Gasteiger partial charge >= 0.3 is 0 Å². The van der Waals surface area contributed by atoms with Crippen LogP contribution in [0.5, 0.6) is 0 Å². The highest BCUT2D eigenvalue weighted by Gasteiger charge is 2.52. The van der Waals surface area contributed by atoms with Crippen LogP contribution in [-0.4, -0.2) is 67.4 Å². The van der Waals surface area contributed by atoms with Crippen molar-refractivity contribution >= 4 is 5.91 Å². The van der Waals surface area contributed by atoms with Crippen molar-refractivity contribution in [3.8, 4) is 0 Å². The molecule has 0 unspecified atom stereocenters. The molecule has 1 amide bonds. The lowest BCUT2D eigenvalue weighted by molar-refractivity contribution is -0.131. The van der Waals surface area contributed by atoms with Crippen molar-refractivity contribution in [2.75, 3.05) is 46.8 Å². The number of hydrogen-bond donors (Lipinski definition) is 0. The van der Waals surface area contributed by atoms with Gasteiger partial charge in [-0.25, -0.2) is 4.39 Å². The summed E-state index contributed by atoms with van der Waals surface area (Å²) in [6.45, 7) is 4.57. The van der Waals surface area contributed by atoms with Crippen molar-refractivity contribution in [1.29, 1.82) is 0 Å². The predicted molar refractivity (Wildman–Crippen MR) is 117 cm³/mol. The summed E-state index contributed by atoms with van der Waals surface area (Å²) in [5, 5.41) is 0. The van der Waals surface area contributed by atoms with Crippen LogP contribution in [0.4, 0.5) is 4.39 Å². The normalized spacial score (nSPS) is 23.9. The number of rotatable bonds is 7. The second-order valence-electron chi connectivity index (χ2n) is 9.32. The zero-order valence-corrected chi connectivity index (χ0v) is 18.1. The number of carbonyl (C=O) groups is 1. The number of amides is 1. The highest BCUT2D eigenvalue weighted by Crippen LogP contribution is 2.46. The molecular weight excluding hydrogens is 377 g/mol. The zero-order chi connectivity index (χ0) is 21.1. The summed E-state index contributed by atoms with van der Waals surface area (Å²) >= 11 is 0. The van der Waals surface area contributed by atoms with Crippen molar-refractivity contribution in [3.63, 3.8) is 0 Å². The molecule has 2 aliphatic rings. The molecule has 0 radical (unpaired) electrons. The number of benzene rings is 2. The van der Waals surface area contributed by atoms with Gasteiger partial charge in [0.1, 0.15) is 5.82 Å². The number of fused-ring (bicyclic) bond motifs is 1. The Hall–Kier alpha value is -2.24. The topological polar surface area (TPSA) is 26.8 Å². The Morgan fingerprint density at radius 2 is 1.80 bits per heavy atom. The fraction of sp³-hybridized carbons (Fsp3) is 0.480. The highest BCUT2D eigenvalue weighted by atomic mass is 19.1. The number of likely N-dealkylation sites (N-methyl/N-ethyl adjacent to an activating group) is 1. The van der Waals surface area contributed by atoms with Crippen LogP contribution in [0.15, 0.2) is 54.6 Å². The number of hydrogen-bond acceptors (Lipinski definition) is 3. The molecule has 2 atom stereocenters. The van der Waals surface area contributed by atoms with Crippen molar-refractivity contribution < 1.29 is 9.18 Å². The van der Waals surface area contributed by atoms with Crippen LogP contribution in [-0.2, 0) is 17.8 Å². The summed E-state index contributed by atoms with van der Waals surface area (Å²) in [5.74, 6) is 0.531. The Morgan fingerprint density at radius 3 is 2.53 bits per heavy atom. The smallest absolute Gasteiger partial charge is 0.236 e. The lowest BCUT2D eigenvalue weighted by atomic mass is 9.76. The van der Waals surface area contributed by atoms with Crippen LogP contribution in [0.1, 0.15) is 17.5 Å². The average molecular weight is 410 g/mol. The van der Waals surface area contributed by atoms with Crippen molar-refractivity contribution in [2.45, 2.75) is 19.4 Å². The molecule has 0 N–H and O–H groups in total. The van der Waals surface area contributed by atoms with Gasteiger partial charge in [-0.3, -0.25) is 9.69 Å². The van der Waals surface area contributed by atoms with E-state index in [1.54, 1.807) is 12.1 Å². The monoisotopic (exact) mass is 409 g/mol. The molecule has 2 aromatic carbocycles. The van der Waals surface area contributed by atoms with E-state index in [0.717, 1.165) is 44.6 Å². The second kappa shape index (κ2) is 8.86. The van der Waals surface area contributed by atoms with Crippen molar-refractivity contribution in [3.05, 3.63) is 71.5 Å². The number of halogens is 1. The number of nitrogens with zero attached hydrogens (tertiary/aromatic N) is 3. The van der Waals surface area contributed by atoms with Crippen LogP contribution in [0, 0.1) is 17.2 Å². The van der Waals surface area contributed by atoms with Gasteiger partial charge in [-0.1, -0.05) is 48.5 Å². The van der Waals surface area contributed by atoms with Gasteiger partial charge in [0.05, 0.1) is 6.54 Å². The molecule has 0 saturated carbocycles. The molecule has 0 bridgehead atoms. The molecule has 2 aliphatic heterocycles. The fourth-order valence-corrected chi connectivity index (χ4v) is 5.23. The minimum Gasteiger partial charge on any atom is -0.341 e. The van der Waals surface area contributed by atoms with E-state index in [1.807, 2.05) is 37.2 Å². The molecule has 2 aromatic rings. The molecule has 30 heavy (non-hydrogen) atoms. The summed E-state index contributed by atoms with van der Waals surface area (Å²) in [6, 6.07) is 17.7. The first kappa shape index (κ1) is 21.0. The lowest BCUT2D eigenvalue weighted by Crippen LogP contribution is -2.40. The van der Waals surface area contributed by atoms with Gasteiger partial charge in [-0.05, 0) is 44.5 Å². The summed E-state index contributed by atoms with van der Waals surface area (Å²) in [6.07, 6.45) is 2.07. The number of carbonyl (C=O) groups excluding carboxylic acids is 1. The molecule has 2 fully saturated rings. The standard InChI is InChI=1S/C25H32FN3O/c1-27(2)17-24(30)29-16-22-15-28(14-21-10-6-7-11-23(21)26)18-25(22,19-29)13-12-20-8-4-3-5-9-20/h3-11,22H,12-19H2,1-2H3/t22-,25+/m0/s1. The molecule has 5 heteroatoms. The van der Waals surface area contributed by atoms with E-state index in [-0.39, 0.29) is 17.1 Å². The summed E-state index contributed by atoms with van der Waals surface area (Å²) in [7, 11) is 3.88. The van der Waals surface area contributed by atoms with Gasteiger partial charge in [-0.15, -0.1) is 0 Å². The van der Waals surface area contributed by atoms with Gasteiger partial charge in [0.2, 0.25) is 5.91 Å². The van der Waals surface area contributed by atoms with Crippen LogP contribution >= 0.6 is 0 Å². The largest absolute Gasteiger partial charge is 0.341 e. The Kier molecular flexibility index (Phi) is 6.21. The Morgan fingerprint density at radius 1 is 1.07 bits per heavy atom. The molecular formula is C25H32FN3O. The minimum absolute atomic E-state index is 0.0864. The van der Waals surface area contributed by atoms with Gasteiger partial charge in [0.25, 0.3) is 0 Å². The van der Waals surface area contributed by atoms with E-state index < -0.39 is 0 Å². The number of likely N-dealkylation sites (tertiary alicyclic amines) is 2. The fourth-order valence-electron chi connectivity index (χ4n) is 5.23. The summed E-state index contributed by atoms with van der Waals surface area (Å²) in [5.41, 5.74) is 2.19. The first-order valence-corrected chi connectivity index (χ1v) is 10.9. The summed E-state index contributed by atoms with van der Waals surface area (Å²) < 4.78 is 14.2. The predicted octanol–water partition coefficient (Wildman–Crippen LogP) is 3.28. The molecule has 0 aliphatic carbocycles. The Bertz CT molecular complexity index is 872. The third-order valence-corrected chi connectivity index (χ3v) is 6.74. The van der Waals surface area contributed by atoms with Gasteiger partial charge in [0, 0.05) is 43.7 Å². The highest BCUT2D eigenvalue weighted by molar-refractivity contribution is 5.78. The maximum Gasteiger partial charge on any atom is 0.236 e. The van der Waals surface area contributed by atoms with Gasteiger partial charge in [-0.2, -0.15) is 0 Å². The molecule has 4 nitrogen and oxygen atoms in total. The first-order chi connectivity index (χ1) is 14.4. The van der Waals surface area contributed by atoms with E-state index in [2.05, 4.69) is 34.1 Å². The molecule has 4 rings (SSSR count). The Labute approximate surface area is 179 Å². The quantitative estimate of drug-likeness (QED) is 0.702.